The molecule has 0 atom stereocenters. The van der Waals surface area contributed by atoms with E-state index in [1.165, 1.54) is 12.1 Å². The second kappa shape index (κ2) is 4.13. The van der Waals surface area contributed by atoms with E-state index >= 15 is 0 Å². The van der Waals surface area contributed by atoms with E-state index in [9.17, 15) is 9.90 Å². The molecule has 0 aliphatic rings. The number of hydrogen-bond acceptors (Lipinski definition) is 4. The van der Waals surface area contributed by atoms with E-state index in [4.69, 9.17) is 11.6 Å². The number of hydrogen-bond donors (Lipinski definition) is 4. The second-order valence-corrected chi connectivity index (χ2v) is 2.49. The predicted octanol–water partition coefficient (Wildman–Crippen LogP) is -0.690. The summed E-state index contributed by atoms with van der Waals surface area (Å²) in [7, 11) is 0. The Morgan fingerprint density at radius 1 is 1.43 bits per heavy atom. The van der Waals surface area contributed by atoms with Crippen LogP contribution in [0.4, 0.5) is 0 Å². The highest BCUT2D eigenvalue weighted by Crippen LogP contribution is 2.14. The van der Waals surface area contributed by atoms with Gasteiger partial charge in [-0.2, -0.15) is 0 Å². The lowest BCUT2D eigenvalue weighted by Crippen LogP contribution is -2.37. The summed E-state index contributed by atoms with van der Waals surface area (Å²) in [5.41, 5.74) is 5.28. The number of phenolic OH excluding ortho intramolecular Hbond substituents is 1. The Bertz CT molecular complexity index is 375. The van der Waals surface area contributed by atoms with Gasteiger partial charge in [-0.3, -0.25) is 10.1 Å². The highest BCUT2D eigenvalue weighted by molar-refractivity contribution is 6.06. The Labute approximate surface area is 80.2 Å². The molecule has 0 saturated carbocycles. The number of guanidine groups is 1. The molecule has 0 unspecified atom stereocenters. The number of nitrogens with zero attached hydrogens (tertiary/aromatic N) is 1. The average molecular weight is 194 g/mol. The molecular weight excluding hydrogens is 184 g/mol. The van der Waals surface area contributed by atoms with E-state index in [1.807, 2.05) is 0 Å². The number of amides is 1. The summed E-state index contributed by atoms with van der Waals surface area (Å²) in [6.07, 6.45) is 0. The molecule has 14 heavy (non-hydrogen) atoms. The Balaban J connectivity index is 2.85. The molecule has 1 aromatic carbocycles. The van der Waals surface area contributed by atoms with Crippen molar-refractivity contribution < 1.29 is 9.90 Å². The fraction of sp³-hybridized carbons (Fsp3) is 0. The molecule has 0 aliphatic carbocycles. The molecule has 0 aromatic heterocycles. The SMILES string of the molecule is NN=C(N)NC(=O)c1ccccc1O. The van der Waals surface area contributed by atoms with Crippen LogP contribution >= 0.6 is 0 Å². The van der Waals surface area contributed by atoms with Gasteiger partial charge in [0.05, 0.1) is 5.56 Å². The Kier molecular flexibility index (Phi) is 2.90. The standard InChI is InChI=1S/C8H10N4O2/c9-8(12-10)11-7(14)5-3-1-2-4-6(5)13/h1-4,13H,10H2,(H3,9,11,12,14). The number of para-hydroxylation sites is 1. The molecular formula is C8H10N4O2. The maximum Gasteiger partial charge on any atom is 0.261 e. The van der Waals surface area contributed by atoms with Crippen molar-refractivity contribution in [1.29, 1.82) is 0 Å². The summed E-state index contributed by atoms with van der Waals surface area (Å²) in [5.74, 6) is 3.92. The minimum absolute atomic E-state index is 0.110. The number of aromatic hydroxyl groups is 1. The summed E-state index contributed by atoms with van der Waals surface area (Å²) in [6, 6.07) is 6.07. The van der Waals surface area contributed by atoms with Crippen LogP contribution in [0, 0.1) is 0 Å². The third-order valence-corrected chi connectivity index (χ3v) is 1.53. The zero-order chi connectivity index (χ0) is 10.6. The quantitative estimate of drug-likeness (QED) is 0.205. The van der Waals surface area contributed by atoms with Crippen LogP contribution in [0.15, 0.2) is 29.4 Å². The van der Waals surface area contributed by atoms with Gasteiger partial charge >= 0.3 is 0 Å². The minimum atomic E-state index is -0.560. The molecule has 0 radical (unpaired) electrons. The third-order valence-electron chi connectivity index (χ3n) is 1.53. The van der Waals surface area contributed by atoms with Gasteiger partial charge in [-0.05, 0) is 12.1 Å². The second-order valence-electron chi connectivity index (χ2n) is 2.49. The van der Waals surface area contributed by atoms with Gasteiger partial charge in [-0.1, -0.05) is 12.1 Å². The van der Waals surface area contributed by atoms with Crippen LogP contribution in [0.25, 0.3) is 0 Å². The number of benzene rings is 1. The summed E-state index contributed by atoms with van der Waals surface area (Å²) in [4.78, 5) is 11.3. The molecule has 0 saturated heterocycles. The van der Waals surface area contributed by atoms with Crippen LogP contribution in [0.5, 0.6) is 5.75 Å². The summed E-state index contributed by atoms with van der Waals surface area (Å²) in [6.45, 7) is 0. The third kappa shape index (κ3) is 2.13. The molecule has 0 spiro atoms. The van der Waals surface area contributed by atoms with E-state index in [2.05, 4.69) is 10.4 Å². The molecule has 0 fully saturated rings. The van der Waals surface area contributed by atoms with Crippen molar-refractivity contribution in [2.45, 2.75) is 0 Å². The van der Waals surface area contributed by atoms with Gasteiger partial charge in [0, 0.05) is 0 Å². The van der Waals surface area contributed by atoms with Crippen LogP contribution in [0.2, 0.25) is 0 Å². The minimum Gasteiger partial charge on any atom is -0.507 e. The van der Waals surface area contributed by atoms with Crippen LogP contribution in [0.3, 0.4) is 0 Å². The van der Waals surface area contributed by atoms with Crippen LogP contribution in [-0.4, -0.2) is 17.0 Å². The number of nitrogens with two attached hydrogens (primary N) is 2. The van der Waals surface area contributed by atoms with Crippen molar-refractivity contribution in [3.05, 3.63) is 29.8 Å². The monoisotopic (exact) mass is 194 g/mol. The molecule has 1 rings (SSSR count). The first-order valence-electron chi connectivity index (χ1n) is 3.78. The largest absolute Gasteiger partial charge is 0.507 e. The van der Waals surface area contributed by atoms with Gasteiger partial charge in [0.15, 0.2) is 0 Å². The molecule has 0 aliphatic heterocycles. The number of carbonyl (C=O) groups excluding carboxylic acids is 1. The number of nitrogens with one attached hydrogen (secondary N) is 1. The maximum atomic E-state index is 11.3. The molecule has 6 nitrogen and oxygen atoms in total. The first kappa shape index (κ1) is 9.85. The van der Waals surface area contributed by atoms with Gasteiger partial charge < -0.3 is 16.7 Å². The van der Waals surface area contributed by atoms with Gasteiger partial charge in [-0.25, -0.2) is 0 Å². The summed E-state index contributed by atoms with van der Waals surface area (Å²) in [5, 5.41) is 14.5. The van der Waals surface area contributed by atoms with Gasteiger partial charge in [-0.15, -0.1) is 5.10 Å². The lowest BCUT2D eigenvalue weighted by atomic mass is 10.2. The van der Waals surface area contributed by atoms with Crippen molar-refractivity contribution in [1.82, 2.24) is 5.32 Å². The molecule has 0 heterocycles. The Morgan fingerprint density at radius 2 is 2.07 bits per heavy atom. The van der Waals surface area contributed by atoms with Crippen LogP contribution < -0.4 is 16.9 Å². The van der Waals surface area contributed by atoms with E-state index < -0.39 is 5.91 Å². The van der Waals surface area contributed by atoms with Crippen LogP contribution in [0.1, 0.15) is 10.4 Å². The number of carbonyl (C=O) groups is 1. The number of rotatable bonds is 1. The zero-order valence-electron chi connectivity index (χ0n) is 7.27. The highest BCUT2D eigenvalue weighted by Gasteiger charge is 2.10. The topological polar surface area (TPSA) is 114 Å². The summed E-state index contributed by atoms with van der Waals surface area (Å²) < 4.78 is 0. The molecule has 74 valence electrons. The Hall–Kier alpha value is -2.24. The number of hydrazone groups is 1. The van der Waals surface area contributed by atoms with E-state index in [0.29, 0.717) is 0 Å². The maximum absolute atomic E-state index is 11.3. The normalized spacial score (nSPS) is 11.0. The van der Waals surface area contributed by atoms with Gasteiger partial charge in [0.25, 0.3) is 5.91 Å². The van der Waals surface area contributed by atoms with Gasteiger partial charge in [0.2, 0.25) is 5.96 Å². The lowest BCUT2D eigenvalue weighted by molar-refractivity contribution is 0.0974. The van der Waals surface area contributed by atoms with E-state index in [-0.39, 0.29) is 17.3 Å². The average Bonchev–Trinajstić information content (AvgIpc) is 2.18. The van der Waals surface area contributed by atoms with Gasteiger partial charge in [0.1, 0.15) is 5.75 Å². The predicted molar refractivity (Wildman–Crippen MR) is 51.4 cm³/mol. The van der Waals surface area contributed by atoms with Crippen molar-refractivity contribution in [3.63, 3.8) is 0 Å². The molecule has 6 heteroatoms. The Morgan fingerprint density at radius 3 is 2.64 bits per heavy atom. The van der Waals surface area contributed by atoms with E-state index in [1.54, 1.807) is 12.1 Å². The van der Waals surface area contributed by atoms with Crippen molar-refractivity contribution in [2.75, 3.05) is 0 Å². The number of phenols is 1. The summed E-state index contributed by atoms with van der Waals surface area (Å²) >= 11 is 0. The first-order chi connectivity index (χ1) is 6.65. The van der Waals surface area contributed by atoms with Crippen LogP contribution in [-0.2, 0) is 0 Å². The smallest absolute Gasteiger partial charge is 0.261 e. The van der Waals surface area contributed by atoms with Crippen molar-refractivity contribution >= 4 is 11.9 Å². The van der Waals surface area contributed by atoms with Crippen molar-refractivity contribution in [2.24, 2.45) is 16.7 Å². The molecule has 1 aromatic rings. The fourth-order valence-electron chi connectivity index (χ4n) is 0.882. The molecule has 0 bridgehead atoms. The van der Waals surface area contributed by atoms with Crippen molar-refractivity contribution in [3.8, 4) is 5.75 Å². The van der Waals surface area contributed by atoms with E-state index in [0.717, 1.165) is 0 Å². The molecule has 6 N–H and O–H groups in total. The lowest BCUT2D eigenvalue weighted by Gasteiger charge is -2.04. The fourth-order valence-corrected chi connectivity index (χ4v) is 0.882. The zero-order valence-corrected chi connectivity index (χ0v) is 7.27. The molecule has 1 amide bonds. The highest BCUT2D eigenvalue weighted by atomic mass is 16.3. The first-order valence-corrected chi connectivity index (χ1v) is 3.78.